The van der Waals surface area contributed by atoms with E-state index in [0.29, 0.717) is 22.8 Å². The average Bonchev–Trinajstić information content (AvgIpc) is 2.70. The van der Waals surface area contributed by atoms with Crippen molar-refractivity contribution in [2.75, 3.05) is 13.7 Å². The maximum Gasteiger partial charge on any atom is 0.279 e. The summed E-state index contributed by atoms with van der Waals surface area (Å²) >= 11 is 0. The van der Waals surface area contributed by atoms with Gasteiger partial charge in [0.2, 0.25) is 0 Å². The van der Waals surface area contributed by atoms with Crippen molar-refractivity contribution in [2.45, 2.75) is 13.0 Å². The number of nitrogens with one attached hydrogen (secondary N) is 2. The summed E-state index contributed by atoms with van der Waals surface area (Å²) in [6.07, 6.45) is 0.764. The Bertz CT molecular complexity index is 789. The molecule has 2 aromatic rings. The quantitative estimate of drug-likeness (QED) is 0.551. The van der Waals surface area contributed by atoms with E-state index in [9.17, 15) is 9.59 Å². The zero-order valence-corrected chi connectivity index (χ0v) is 15.2. The van der Waals surface area contributed by atoms with Crippen molar-refractivity contribution in [2.24, 2.45) is 0 Å². The Kier molecular flexibility index (Phi) is 7.25. The Hall–Kier alpha value is -3.48. The Balaban J connectivity index is 1.90. The van der Waals surface area contributed by atoms with E-state index >= 15 is 0 Å². The lowest BCUT2D eigenvalue weighted by Gasteiger charge is -2.16. The first kappa shape index (κ1) is 19.8. The van der Waals surface area contributed by atoms with Crippen LogP contribution in [0.2, 0.25) is 0 Å². The van der Waals surface area contributed by atoms with Crippen molar-refractivity contribution in [1.82, 2.24) is 10.9 Å². The van der Waals surface area contributed by atoms with Gasteiger partial charge >= 0.3 is 0 Å². The van der Waals surface area contributed by atoms with E-state index in [2.05, 4.69) is 17.4 Å². The summed E-state index contributed by atoms with van der Waals surface area (Å²) in [5, 5.41) is 0. The van der Waals surface area contributed by atoms with Gasteiger partial charge in [-0.1, -0.05) is 24.8 Å². The van der Waals surface area contributed by atoms with Gasteiger partial charge in [0, 0.05) is 0 Å². The highest BCUT2D eigenvalue weighted by Gasteiger charge is 2.17. The first-order chi connectivity index (χ1) is 13.0. The van der Waals surface area contributed by atoms with Crippen molar-refractivity contribution < 1.29 is 23.8 Å². The summed E-state index contributed by atoms with van der Waals surface area (Å²) in [7, 11) is 1.56. The number of carbonyl (C=O) groups is 2. The monoisotopic (exact) mass is 370 g/mol. The molecule has 2 rings (SSSR count). The molecular weight excluding hydrogens is 348 g/mol. The van der Waals surface area contributed by atoms with Gasteiger partial charge in [0.05, 0.1) is 12.7 Å². The van der Waals surface area contributed by atoms with Crippen molar-refractivity contribution >= 4 is 11.8 Å². The number of methoxy groups -OCH3 is 1. The molecule has 0 heterocycles. The van der Waals surface area contributed by atoms with Gasteiger partial charge in [0.25, 0.3) is 11.8 Å². The number of carbonyl (C=O) groups excluding carboxylic acids is 2. The van der Waals surface area contributed by atoms with Crippen molar-refractivity contribution in [3.05, 3.63) is 66.7 Å². The molecule has 2 aromatic carbocycles. The van der Waals surface area contributed by atoms with Gasteiger partial charge in [-0.2, -0.15) is 0 Å². The van der Waals surface area contributed by atoms with Crippen molar-refractivity contribution in [1.29, 1.82) is 0 Å². The molecule has 0 aliphatic heterocycles. The highest BCUT2D eigenvalue weighted by atomic mass is 16.5. The van der Waals surface area contributed by atoms with Crippen LogP contribution < -0.4 is 25.1 Å². The second-order valence-corrected chi connectivity index (χ2v) is 5.47. The second-order valence-electron chi connectivity index (χ2n) is 5.47. The van der Waals surface area contributed by atoms with E-state index in [1.165, 1.54) is 0 Å². The van der Waals surface area contributed by atoms with Crippen LogP contribution in [-0.4, -0.2) is 31.6 Å². The van der Waals surface area contributed by atoms with Crippen molar-refractivity contribution in [3.63, 3.8) is 0 Å². The smallest absolute Gasteiger partial charge is 0.279 e. The fraction of sp³-hybridized carbons (Fsp3) is 0.200. The van der Waals surface area contributed by atoms with Crippen LogP contribution >= 0.6 is 0 Å². The molecule has 0 radical (unpaired) electrons. The minimum atomic E-state index is -0.814. The molecule has 0 spiro atoms. The number of ether oxygens (including phenoxy) is 3. The lowest BCUT2D eigenvalue weighted by Crippen LogP contribution is -2.47. The molecule has 0 aromatic heterocycles. The van der Waals surface area contributed by atoms with Crippen LogP contribution in [0.4, 0.5) is 0 Å². The number of hydrazine groups is 1. The number of benzene rings is 2. The van der Waals surface area contributed by atoms with Crippen LogP contribution in [0.3, 0.4) is 0 Å². The van der Waals surface area contributed by atoms with Gasteiger partial charge in [-0.25, -0.2) is 0 Å². The molecule has 0 fully saturated rings. The topological polar surface area (TPSA) is 85.9 Å². The van der Waals surface area contributed by atoms with Gasteiger partial charge in [-0.15, -0.1) is 0 Å². The number of hydrogen-bond acceptors (Lipinski definition) is 5. The number of amides is 2. The summed E-state index contributed by atoms with van der Waals surface area (Å²) in [6.45, 7) is 5.41. The number of hydrogen-bond donors (Lipinski definition) is 2. The van der Waals surface area contributed by atoms with Crippen LogP contribution in [0.1, 0.15) is 17.3 Å². The Morgan fingerprint density at radius 1 is 1.07 bits per heavy atom. The minimum absolute atomic E-state index is 0.267. The fourth-order valence-electron chi connectivity index (χ4n) is 2.13. The Labute approximate surface area is 157 Å². The van der Waals surface area contributed by atoms with E-state index in [0.717, 1.165) is 0 Å². The van der Waals surface area contributed by atoms with Crippen molar-refractivity contribution in [3.8, 4) is 17.2 Å². The van der Waals surface area contributed by atoms with Gasteiger partial charge in [-0.05, 0) is 43.3 Å². The molecular formula is C20H22N2O5. The molecule has 0 saturated carbocycles. The molecule has 1 atom stereocenters. The predicted molar refractivity (Wildman–Crippen MR) is 101 cm³/mol. The van der Waals surface area contributed by atoms with Crippen LogP contribution in [0.5, 0.6) is 17.2 Å². The van der Waals surface area contributed by atoms with Gasteiger partial charge in [-0.3, -0.25) is 20.4 Å². The molecule has 142 valence electrons. The molecule has 0 aliphatic rings. The Morgan fingerprint density at radius 2 is 1.74 bits per heavy atom. The van der Waals surface area contributed by atoms with E-state index < -0.39 is 17.9 Å². The highest BCUT2D eigenvalue weighted by molar-refractivity contribution is 5.98. The first-order valence-electron chi connectivity index (χ1n) is 8.28. The molecule has 0 saturated heterocycles. The van der Waals surface area contributed by atoms with Gasteiger partial charge < -0.3 is 14.2 Å². The molecule has 7 heteroatoms. The molecule has 1 unspecified atom stereocenters. The molecule has 0 aliphatic carbocycles. The maximum absolute atomic E-state index is 12.3. The third-order valence-corrected chi connectivity index (χ3v) is 3.53. The summed E-state index contributed by atoms with van der Waals surface area (Å²) in [5.74, 6) is 0.590. The van der Waals surface area contributed by atoms with E-state index in [-0.39, 0.29) is 6.61 Å². The minimum Gasteiger partial charge on any atom is -0.497 e. The van der Waals surface area contributed by atoms with Crippen LogP contribution in [0.25, 0.3) is 0 Å². The van der Waals surface area contributed by atoms with Gasteiger partial charge in [0.1, 0.15) is 23.9 Å². The zero-order valence-electron chi connectivity index (χ0n) is 15.2. The molecule has 0 bridgehead atoms. The number of para-hydroxylation sites is 1. The summed E-state index contributed by atoms with van der Waals surface area (Å²) < 4.78 is 16.0. The second kappa shape index (κ2) is 9.86. The van der Waals surface area contributed by atoms with Crippen LogP contribution in [0.15, 0.2) is 61.2 Å². The lowest BCUT2D eigenvalue weighted by molar-refractivity contribution is -0.128. The molecule has 7 nitrogen and oxygen atoms in total. The number of rotatable bonds is 8. The van der Waals surface area contributed by atoms with Crippen LogP contribution in [0, 0.1) is 0 Å². The Morgan fingerprint density at radius 3 is 2.41 bits per heavy atom. The third kappa shape index (κ3) is 5.78. The lowest BCUT2D eigenvalue weighted by atomic mass is 10.2. The summed E-state index contributed by atoms with van der Waals surface area (Å²) in [5.41, 5.74) is 4.99. The first-order valence-corrected chi connectivity index (χ1v) is 8.28. The summed E-state index contributed by atoms with van der Waals surface area (Å²) in [4.78, 5) is 24.4. The molecule has 27 heavy (non-hydrogen) atoms. The largest absolute Gasteiger partial charge is 0.497 e. The van der Waals surface area contributed by atoms with E-state index in [4.69, 9.17) is 14.2 Å². The third-order valence-electron chi connectivity index (χ3n) is 3.53. The average molecular weight is 370 g/mol. The predicted octanol–water partition coefficient (Wildman–Crippen LogP) is 2.49. The van der Waals surface area contributed by atoms with Gasteiger partial charge in [0.15, 0.2) is 6.10 Å². The maximum atomic E-state index is 12.3. The van der Waals surface area contributed by atoms with E-state index in [1.54, 1.807) is 68.6 Å². The molecule has 2 amide bonds. The molecule has 2 N–H and O–H groups in total. The normalized spacial score (nSPS) is 11.0. The standard InChI is InChI=1S/C20H22N2O5/c1-4-13-26-18-8-6-5-7-17(18)20(24)22-21-19(23)14(2)27-16-11-9-15(25-3)10-12-16/h4-12,14H,1,13H2,2-3H3,(H,21,23)(H,22,24). The fourth-order valence-corrected chi connectivity index (χ4v) is 2.13. The highest BCUT2D eigenvalue weighted by Crippen LogP contribution is 2.19. The van der Waals surface area contributed by atoms with E-state index in [1.807, 2.05) is 0 Å². The zero-order chi connectivity index (χ0) is 19.6. The summed E-state index contributed by atoms with van der Waals surface area (Å²) in [6, 6.07) is 13.5. The SMILES string of the molecule is C=CCOc1ccccc1C(=O)NNC(=O)C(C)Oc1ccc(OC)cc1. The van der Waals surface area contributed by atoms with Crippen LogP contribution in [-0.2, 0) is 4.79 Å².